The van der Waals surface area contributed by atoms with Gasteiger partial charge >= 0.3 is 6.36 Å². The number of likely N-dealkylation sites (N-methyl/N-ethyl adjacent to an activating group) is 1. The Morgan fingerprint density at radius 3 is 2.46 bits per heavy atom. The average Bonchev–Trinajstić information content (AvgIpc) is 2.03. The lowest BCUT2D eigenvalue weighted by Crippen LogP contribution is -2.47. The Balaban J connectivity index is 2.71. The second-order valence-electron chi connectivity index (χ2n) is 2.68. The third kappa shape index (κ3) is 2.86. The summed E-state index contributed by atoms with van der Waals surface area (Å²) in [5.74, 6) is 0. The first-order chi connectivity index (χ1) is 5.97. The zero-order valence-electron chi connectivity index (χ0n) is 7.06. The molecule has 13 heavy (non-hydrogen) atoms. The Morgan fingerprint density at radius 2 is 2.08 bits per heavy atom. The summed E-state index contributed by atoms with van der Waals surface area (Å²) in [6, 6.07) is 0. The summed E-state index contributed by atoms with van der Waals surface area (Å²) in [6.45, 7) is 0. The molecule has 0 saturated heterocycles. The van der Waals surface area contributed by atoms with Gasteiger partial charge in [-0.1, -0.05) is 18.2 Å². The molecule has 0 radical (unpaired) electrons. The second-order valence-corrected chi connectivity index (χ2v) is 2.68. The summed E-state index contributed by atoms with van der Waals surface area (Å²) >= 11 is 0. The fourth-order valence-electron chi connectivity index (χ4n) is 1.12. The highest BCUT2D eigenvalue weighted by molar-refractivity contribution is 5.17. The third-order valence-corrected chi connectivity index (χ3v) is 1.75. The molecule has 0 saturated carbocycles. The molecular formula is C8H10F3NO. The number of alkyl halides is 3. The zero-order chi connectivity index (χ0) is 9.95. The Morgan fingerprint density at radius 1 is 1.38 bits per heavy atom. The minimum absolute atomic E-state index is 0.166. The fraction of sp³-hybridized carbons (Fsp3) is 0.500. The lowest BCUT2D eigenvalue weighted by molar-refractivity contribution is -0.362. The summed E-state index contributed by atoms with van der Waals surface area (Å²) < 4.78 is 39.8. The molecule has 0 bridgehead atoms. The summed E-state index contributed by atoms with van der Waals surface area (Å²) in [5.41, 5.74) is -1.44. The van der Waals surface area contributed by atoms with Crippen molar-refractivity contribution in [2.45, 2.75) is 18.5 Å². The van der Waals surface area contributed by atoms with Crippen LogP contribution in [-0.2, 0) is 4.74 Å². The SMILES string of the molecule is CNC1(OC(F)(F)F)C=CC=CC1. The van der Waals surface area contributed by atoms with E-state index >= 15 is 0 Å². The van der Waals surface area contributed by atoms with E-state index in [1.165, 1.54) is 19.2 Å². The summed E-state index contributed by atoms with van der Waals surface area (Å²) in [7, 11) is 1.43. The minimum atomic E-state index is -4.63. The first-order valence-corrected chi connectivity index (χ1v) is 3.78. The van der Waals surface area contributed by atoms with E-state index in [1.807, 2.05) is 0 Å². The number of ether oxygens (including phenoxy) is 1. The Labute approximate surface area is 74.1 Å². The molecule has 0 aromatic rings. The quantitative estimate of drug-likeness (QED) is 0.677. The van der Waals surface area contributed by atoms with Crippen molar-refractivity contribution in [2.24, 2.45) is 0 Å². The number of nitrogens with one attached hydrogen (secondary N) is 1. The van der Waals surface area contributed by atoms with Gasteiger partial charge in [0.25, 0.3) is 0 Å². The summed E-state index contributed by atoms with van der Waals surface area (Å²) in [6.07, 6.45) is 1.70. The first-order valence-electron chi connectivity index (χ1n) is 3.78. The van der Waals surface area contributed by atoms with Gasteiger partial charge < -0.3 is 0 Å². The number of hydrogen-bond donors (Lipinski definition) is 1. The average molecular weight is 193 g/mol. The molecule has 1 aliphatic rings. The van der Waals surface area contributed by atoms with Gasteiger partial charge in [-0.15, -0.1) is 13.2 Å². The van der Waals surface area contributed by atoms with Crippen LogP contribution in [0.5, 0.6) is 0 Å². The minimum Gasteiger partial charge on any atom is -0.289 e. The van der Waals surface area contributed by atoms with E-state index < -0.39 is 12.1 Å². The monoisotopic (exact) mass is 193 g/mol. The number of rotatable bonds is 2. The van der Waals surface area contributed by atoms with Crippen LogP contribution >= 0.6 is 0 Å². The van der Waals surface area contributed by atoms with Gasteiger partial charge in [-0.05, 0) is 13.1 Å². The van der Waals surface area contributed by atoms with Crippen LogP contribution in [0.15, 0.2) is 24.3 Å². The van der Waals surface area contributed by atoms with Crippen LogP contribution in [0.4, 0.5) is 13.2 Å². The van der Waals surface area contributed by atoms with E-state index in [1.54, 1.807) is 12.2 Å². The molecule has 0 aliphatic heterocycles. The molecule has 1 rings (SSSR count). The maximum Gasteiger partial charge on any atom is 0.524 e. The van der Waals surface area contributed by atoms with Crippen LogP contribution in [0.3, 0.4) is 0 Å². The highest BCUT2D eigenvalue weighted by Crippen LogP contribution is 2.28. The van der Waals surface area contributed by atoms with Gasteiger partial charge in [0.15, 0.2) is 5.72 Å². The van der Waals surface area contributed by atoms with Gasteiger partial charge in [0.2, 0.25) is 0 Å². The molecule has 1 unspecified atom stereocenters. The van der Waals surface area contributed by atoms with Crippen molar-refractivity contribution in [3.63, 3.8) is 0 Å². The van der Waals surface area contributed by atoms with E-state index in [9.17, 15) is 13.2 Å². The molecule has 1 aliphatic carbocycles. The lowest BCUT2D eigenvalue weighted by atomic mass is 10.1. The Kier molecular flexibility index (Phi) is 2.77. The smallest absolute Gasteiger partial charge is 0.289 e. The molecule has 2 nitrogen and oxygen atoms in total. The van der Waals surface area contributed by atoms with E-state index in [4.69, 9.17) is 0 Å². The van der Waals surface area contributed by atoms with Crippen molar-refractivity contribution in [3.8, 4) is 0 Å². The van der Waals surface area contributed by atoms with Gasteiger partial charge in [0.1, 0.15) is 0 Å². The van der Waals surface area contributed by atoms with E-state index in [2.05, 4.69) is 10.1 Å². The summed E-state index contributed by atoms with van der Waals surface area (Å²) in [5, 5.41) is 2.49. The van der Waals surface area contributed by atoms with Crippen molar-refractivity contribution in [1.29, 1.82) is 0 Å². The molecule has 74 valence electrons. The molecule has 1 N–H and O–H groups in total. The maximum atomic E-state index is 12.0. The van der Waals surface area contributed by atoms with E-state index in [0.29, 0.717) is 0 Å². The van der Waals surface area contributed by atoms with Gasteiger partial charge in [-0.25, -0.2) is 0 Å². The van der Waals surface area contributed by atoms with Crippen molar-refractivity contribution in [2.75, 3.05) is 7.05 Å². The molecule has 0 heterocycles. The number of hydrogen-bond acceptors (Lipinski definition) is 2. The van der Waals surface area contributed by atoms with Crippen molar-refractivity contribution in [3.05, 3.63) is 24.3 Å². The van der Waals surface area contributed by atoms with Crippen LogP contribution in [0.25, 0.3) is 0 Å². The Hall–Kier alpha value is -0.810. The largest absolute Gasteiger partial charge is 0.524 e. The standard InChI is InChI=1S/C8H10F3NO/c1-12-7(13-8(9,10)11)5-3-2-4-6-7/h2-5,12H,6H2,1H3. The maximum absolute atomic E-state index is 12.0. The van der Waals surface area contributed by atoms with Gasteiger partial charge in [-0.3, -0.25) is 10.1 Å². The second kappa shape index (κ2) is 3.51. The topological polar surface area (TPSA) is 21.3 Å². The molecule has 0 aromatic heterocycles. The van der Waals surface area contributed by atoms with Crippen LogP contribution in [-0.4, -0.2) is 19.1 Å². The highest BCUT2D eigenvalue weighted by Gasteiger charge is 2.41. The summed E-state index contributed by atoms with van der Waals surface area (Å²) in [4.78, 5) is 0. The van der Waals surface area contributed by atoms with Crippen LogP contribution in [0, 0.1) is 0 Å². The molecule has 0 fully saturated rings. The predicted octanol–water partition coefficient (Wildman–Crippen LogP) is 1.95. The van der Waals surface area contributed by atoms with Crippen molar-refractivity contribution < 1.29 is 17.9 Å². The normalized spacial score (nSPS) is 28.0. The van der Waals surface area contributed by atoms with Gasteiger partial charge in [0.05, 0.1) is 0 Å². The van der Waals surface area contributed by atoms with Gasteiger partial charge in [0, 0.05) is 6.42 Å². The Bertz CT molecular complexity index is 234. The molecule has 5 heteroatoms. The predicted molar refractivity (Wildman–Crippen MR) is 41.8 cm³/mol. The van der Waals surface area contributed by atoms with Gasteiger partial charge in [-0.2, -0.15) is 0 Å². The van der Waals surface area contributed by atoms with E-state index in [0.717, 1.165) is 0 Å². The zero-order valence-corrected chi connectivity index (χ0v) is 7.06. The van der Waals surface area contributed by atoms with Crippen LogP contribution < -0.4 is 5.32 Å². The number of halogens is 3. The lowest BCUT2D eigenvalue weighted by Gasteiger charge is -2.31. The first kappa shape index (κ1) is 10.3. The van der Waals surface area contributed by atoms with Crippen LogP contribution in [0.1, 0.15) is 6.42 Å². The number of allylic oxidation sites excluding steroid dienone is 2. The molecule has 0 amide bonds. The van der Waals surface area contributed by atoms with Crippen LogP contribution in [0.2, 0.25) is 0 Å². The molecule has 0 spiro atoms. The fourth-order valence-corrected chi connectivity index (χ4v) is 1.12. The highest BCUT2D eigenvalue weighted by atomic mass is 19.4. The van der Waals surface area contributed by atoms with Crippen molar-refractivity contribution in [1.82, 2.24) is 5.32 Å². The molecule has 1 atom stereocenters. The molecule has 0 aromatic carbocycles. The third-order valence-electron chi connectivity index (χ3n) is 1.75. The molecular weight excluding hydrogens is 183 g/mol. The van der Waals surface area contributed by atoms with Crippen molar-refractivity contribution >= 4 is 0 Å². The van der Waals surface area contributed by atoms with E-state index in [-0.39, 0.29) is 6.42 Å².